The first-order valence-electron chi connectivity index (χ1n) is 9.95. The number of amides is 2. The van der Waals surface area contributed by atoms with Crippen LogP contribution in [-0.2, 0) is 29.0 Å². The summed E-state index contributed by atoms with van der Waals surface area (Å²) in [6.07, 6.45) is 4.61. The molecule has 7 nitrogen and oxygen atoms in total. The summed E-state index contributed by atoms with van der Waals surface area (Å²) >= 11 is 1.71. The third-order valence-electron chi connectivity index (χ3n) is 5.52. The van der Waals surface area contributed by atoms with Crippen LogP contribution in [0.4, 0.5) is 5.13 Å². The second-order valence-electron chi connectivity index (χ2n) is 7.32. The molecule has 1 unspecified atom stereocenters. The lowest BCUT2D eigenvalue weighted by atomic mass is 9.90. The molecule has 2 aromatic heterocycles. The van der Waals surface area contributed by atoms with Gasteiger partial charge in [0.1, 0.15) is 5.76 Å². The smallest absolute Gasteiger partial charge is 0.223 e. The van der Waals surface area contributed by atoms with Crippen LogP contribution in [0.1, 0.15) is 36.1 Å². The number of aryl methyl sites for hydroxylation is 1. The van der Waals surface area contributed by atoms with Crippen molar-refractivity contribution in [2.24, 2.45) is 5.92 Å². The summed E-state index contributed by atoms with van der Waals surface area (Å²) in [6, 6.07) is 3.69. The Morgan fingerprint density at radius 2 is 2.14 bits per heavy atom. The van der Waals surface area contributed by atoms with Gasteiger partial charge in [0, 0.05) is 43.4 Å². The molecule has 2 amide bonds. The van der Waals surface area contributed by atoms with Crippen molar-refractivity contribution in [1.29, 1.82) is 0 Å². The van der Waals surface area contributed by atoms with Crippen molar-refractivity contribution in [3.63, 3.8) is 0 Å². The van der Waals surface area contributed by atoms with Gasteiger partial charge in [-0.1, -0.05) is 6.92 Å². The molecule has 0 aromatic carbocycles. The van der Waals surface area contributed by atoms with Crippen LogP contribution in [0.2, 0.25) is 0 Å². The van der Waals surface area contributed by atoms with E-state index in [4.69, 9.17) is 9.40 Å². The standard InChI is InChI=1S/C20H26N4O3S/c1-2-18(25)23-7-9-24(10-8-23)20-22-16-6-5-14(12-17(16)28-20)19(26)21-13-15-4-3-11-27-15/h3-4,11,14H,2,5-10,12-13H2,1H3,(H,21,26). The number of fused-ring (bicyclic) bond motifs is 1. The van der Waals surface area contributed by atoms with Crippen LogP contribution in [-0.4, -0.2) is 47.9 Å². The van der Waals surface area contributed by atoms with Crippen LogP contribution in [0.3, 0.4) is 0 Å². The van der Waals surface area contributed by atoms with Gasteiger partial charge in [-0.25, -0.2) is 4.98 Å². The Hall–Kier alpha value is -2.35. The van der Waals surface area contributed by atoms with Crippen LogP contribution in [0.15, 0.2) is 22.8 Å². The molecule has 4 rings (SSSR count). The fraction of sp³-hybridized carbons (Fsp3) is 0.550. The normalized spacial score (nSPS) is 19.4. The van der Waals surface area contributed by atoms with Gasteiger partial charge in [0.25, 0.3) is 0 Å². The van der Waals surface area contributed by atoms with Crippen molar-refractivity contribution in [3.05, 3.63) is 34.7 Å². The summed E-state index contributed by atoms with van der Waals surface area (Å²) in [5.74, 6) is 1.07. The van der Waals surface area contributed by atoms with Gasteiger partial charge in [-0.15, -0.1) is 11.3 Å². The van der Waals surface area contributed by atoms with E-state index in [9.17, 15) is 9.59 Å². The summed E-state index contributed by atoms with van der Waals surface area (Å²) in [7, 11) is 0. The minimum absolute atomic E-state index is 0.00483. The van der Waals surface area contributed by atoms with Gasteiger partial charge in [-0.2, -0.15) is 0 Å². The second-order valence-corrected chi connectivity index (χ2v) is 8.39. The van der Waals surface area contributed by atoms with E-state index >= 15 is 0 Å². The molecule has 0 saturated carbocycles. The number of hydrogen-bond acceptors (Lipinski definition) is 6. The van der Waals surface area contributed by atoms with E-state index in [0.717, 1.165) is 62.0 Å². The number of thiazole rings is 1. The molecule has 1 fully saturated rings. The molecule has 150 valence electrons. The van der Waals surface area contributed by atoms with Crippen molar-refractivity contribution in [1.82, 2.24) is 15.2 Å². The molecule has 1 aliphatic carbocycles. The number of furan rings is 1. The fourth-order valence-corrected chi connectivity index (χ4v) is 5.06. The summed E-state index contributed by atoms with van der Waals surface area (Å²) in [5, 5.41) is 4.01. The van der Waals surface area contributed by atoms with Gasteiger partial charge >= 0.3 is 0 Å². The highest BCUT2D eigenvalue weighted by Gasteiger charge is 2.29. The van der Waals surface area contributed by atoms with E-state index in [-0.39, 0.29) is 17.7 Å². The molecule has 1 N–H and O–H groups in total. The van der Waals surface area contributed by atoms with E-state index in [1.54, 1.807) is 17.6 Å². The molecular formula is C20H26N4O3S. The average molecular weight is 403 g/mol. The van der Waals surface area contributed by atoms with E-state index in [1.165, 1.54) is 4.88 Å². The highest BCUT2D eigenvalue weighted by Crippen LogP contribution is 2.34. The fourth-order valence-electron chi connectivity index (χ4n) is 3.82. The molecule has 1 atom stereocenters. The lowest BCUT2D eigenvalue weighted by molar-refractivity contribution is -0.131. The molecule has 8 heteroatoms. The van der Waals surface area contributed by atoms with Crippen molar-refractivity contribution in [3.8, 4) is 0 Å². The number of carbonyl (C=O) groups excluding carboxylic acids is 2. The first-order valence-corrected chi connectivity index (χ1v) is 10.8. The highest BCUT2D eigenvalue weighted by molar-refractivity contribution is 7.15. The number of anilines is 1. The predicted molar refractivity (Wildman–Crippen MR) is 107 cm³/mol. The molecule has 3 heterocycles. The van der Waals surface area contributed by atoms with E-state index in [1.807, 2.05) is 24.0 Å². The third-order valence-corrected chi connectivity index (χ3v) is 6.70. The first-order chi connectivity index (χ1) is 13.6. The van der Waals surface area contributed by atoms with Crippen LogP contribution in [0.25, 0.3) is 0 Å². The summed E-state index contributed by atoms with van der Waals surface area (Å²) in [4.78, 5) is 34.6. The molecule has 0 bridgehead atoms. The Labute approximate surface area is 168 Å². The minimum atomic E-state index is -0.00483. The Balaban J connectivity index is 1.33. The summed E-state index contributed by atoms with van der Waals surface area (Å²) < 4.78 is 5.27. The van der Waals surface area contributed by atoms with Gasteiger partial charge in [0.2, 0.25) is 11.8 Å². The Bertz CT molecular complexity index is 825. The zero-order valence-electron chi connectivity index (χ0n) is 16.1. The van der Waals surface area contributed by atoms with Crippen LogP contribution < -0.4 is 10.2 Å². The number of aromatic nitrogens is 1. The zero-order valence-corrected chi connectivity index (χ0v) is 17.0. The predicted octanol–water partition coefficient (Wildman–Crippen LogP) is 2.22. The molecule has 2 aliphatic rings. The lowest BCUT2D eigenvalue weighted by Crippen LogP contribution is -2.48. The quantitative estimate of drug-likeness (QED) is 0.830. The minimum Gasteiger partial charge on any atom is -0.467 e. The molecule has 2 aromatic rings. The average Bonchev–Trinajstić information content (AvgIpc) is 3.40. The number of rotatable bonds is 5. The van der Waals surface area contributed by atoms with Crippen molar-refractivity contribution >= 4 is 28.3 Å². The second kappa shape index (κ2) is 8.34. The third kappa shape index (κ3) is 4.06. The van der Waals surface area contributed by atoms with Crippen LogP contribution >= 0.6 is 11.3 Å². The monoisotopic (exact) mass is 402 g/mol. The molecule has 0 spiro atoms. The maximum absolute atomic E-state index is 12.5. The molecule has 0 radical (unpaired) electrons. The van der Waals surface area contributed by atoms with Crippen LogP contribution in [0.5, 0.6) is 0 Å². The molecular weight excluding hydrogens is 376 g/mol. The Morgan fingerprint density at radius 3 is 2.86 bits per heavy atom. The van der Waals surface area contributed by atoms with Crippen molar-refractivity contribution in [2.45, 2.75) is 39.2 Å². The molecule has 1 aliphatic heterocycles. The van der Waals surface area contributed by atoms with E-state index in [2.05, 4.69) is 10.2 Å². The summed E-state index contributed by atoms with van der Waals surface area (Å²) in [5.41, 5.74) is 1.14. The number of hydrogen-bond donors (Lipinski definition) is 1. The molecule has 28 heavy (non-hydrogen) atoms. The first kappa shape index (κ1) is 19.0. The van der Waals surface area contributed by atoms with Crippen LogP contribution in [0, 0.1) is 5.92 Å². The SMILES string of the molecule is CCC(=O)N1CCN(c2nc3c(s2)CC(C(=O)NCc2ccco2)CC3)CC1. The lowest BCUT2D eigenvalue weighted by Gasteiger charge is -2.34. The maximum Gasteiger partial charge on any atom is 0.223 e. The highest BCUT2D eigenvalue weighted by atomic mass is 32.1. The summed E-state index contributed by atoms with van der Waals surface area (Å²) in [6.45, 7) is 5.51. The zero-order chi connectivity index (χ0) is 19.5. The van der Waals surface area contributed by atoms with E-state index < -0.39 is 0 Å². The van der Waals surface area contributed by atoms with Gasteiger partial charge in [0.15, 0.2) is 5.13 Å². The number of carbonyl (C=O) groups is 2. The largest absolute Gasteiger partial charge is 0.467 e. The number of piperazine rings is 1. The van der Waals surface area contributed by atoms with Crippen molar-refractivity contribution in [2.75, 3.05) is 31.1 Å². The number of nitrogens with zero attached hydrogens (tertiary/aromatic N) is 3. The molecule has 1 saturated heterocycles. The van der Waals surface area contributed by atoms with Gasteiger partial charge in [-0.05, 0) is 31.4 Å². The van der Waals surface area contributed by atoms with Gasteiger partial charge < -0.3 is 19.5 Å². The Morgan fingerprint density at radius 1 is 1.32 bits per heavy atom. The van der Waals surface area contributed by atoms with Gasteiger partial charge in [0.05, 0.1) is 18.5 Å². The maximum atomic E-state index is 12.5. The topological polar surface area (TPSA) is 78.7 Å². The van der Waals surface area contributed by atoms with Gasteiger partial charge in [-0.3, -0.25) is 9.59 Å². The Kier molecular flexibility index (Phi) is 5.66. The van der Waals surface area contributed by atoms with E-state index in [0.29, 0.717) is 13.0 Å². The number of nitrogens with one attached hydrogen (secondary N) is 1. The van der Waals surface area contributed by atoms with Crippen molar-refractivity contribution < 1.29 is 14.0 Å².